The maximum atomic E-state index is 12.6. The van der Waals surface area contributed by atoms with Crippen molar-refractivity contribution in [1.29, 1.82) is 0 Å². The van der Waals surface area contributed by atoms with Crippen LogP contribution in [0.2, 0.25) is 5.02 Å². The second kappa shape index (κ2) is 5.58. The molecule has 1 aliphatic heterocycles. The number of rotatable bonds is 4. The topological polar surface area (TPSA) is 118 Å². The molecule has 0 bridgehead atoms. The van der Waals surface area contributed by atoms with Gasteiger partial charge < -0.3 is 5.11 Å². The van der Waals surface area contributed by atoms with Crippen LogP contribution in [-0.4, -0.2) is 41.3 Å². The van der Waals surface area contributed by atoms with Crippen LogP contribution in [0, 0.1) is 10.1 Å². The monoisotopic (exact) mass is 334 g/mol. The van der Waals surface area contributed by atoms with Gasteiger partial charge in [-0.25, -0.2) is 8.42 Å². The van der Waals surface area contributed by atoms with Gasteiger partial charge in [-0.1, -0.05) is 17.7 Å². The number of nitro groups is 1. The van der Waals surface area contributed by atoms with E-state index in [0.29, 0.717) is 6.42 Å². The molecule has 1 fully saturated rings. The zero-order valence-electron chi connectivity index (χ0n) is 10.6. The van der Waals surface area contributed by atoms with Gasteiger partial charge >= 0.3 is 5.97 Å². The third-order valence-corrected chi connectivity index (χ3v) is 5.62. The first kappa shape index (κ1) is 15.7. The largest absolute Gasteiger partial charge is 0.480 e. The lowest BCUT2D eigenvalue weighted by Crippen LogP contribution is -2.40. The van der Waals surface area contributed by atoms with E-state index in [1.807, 2.05) is 0 Å². The van der Waals surface area contributed by atoms with Crippen molar-refractivity contribution in [3.05, 3.63) is 33.3 Å². The summed E-state index contributed by atoms with van der Waals surface area (Å²) in [5, 5.41) is 19.8. The molecule has 0 radical (unpaired) electrons. The van der Waals surface area contributed by atoms with Crippen molar-refractivity contribution in [2.75, 3.05) is 6.54 Å². The molecule has 0 saturated carbocycles. The van der Waals surface area contributed by atoms with Gasteiger partial charge in [0, 0.05) is 12.6 Å². The quantitative estimate of drug-likeness (QED) is 0.658. The summed E-state index contributed by atoms with van der Waals surface area (Å²) in [4.78, 5) is 20.6. The maximum Gasteiger partial charge on any atom is 0.322 e. The molecule has 2 rings (SSSR count). The van der Waals surface area contributed by atoms with E-state index in [2.05, 4.69) is 0 Å². The van der Waals surface area contributed by atoms with Gasteiger partial charge in [-0.2, -0.15) is 4.31 Å². The van der Waals surface area contributed by atoms with Crippen molar-refractivity contribution >= 4 is 33.3 Å². The van der Waals surface area contributed by atoms with E-state index in [1.165, 1.54) is 12.1 Å². The van der Waals surface area contributed by atoms with Crippen molar-refractivity contribution in [2.24, 2.45) is 0 Å². The molecule has 0 aromatic heterocycles. The first-order valence-corrected chi connectivity index (χ1v) is 7.76. The molecule has 0 spiro atoms. The lowest BCUT2D eigenvalue weighted by molar-refractivity contribution is -0.387. The zero-order chi connectivity index (χ0) is 15.8. The average molecular weight is 335 g/mol. The molecule has 0 amide bonds. The molecule has 21 heavy (non-hydrogen) atoms. The second-order valence-electron chi connectivity index (χ2n) is 4.46. The number of carboxylic acids is 1. The van der Waals surface area contributed by atoms with E-state index in [-0.39, 0.29) is 18.0 Å². The normalized spacial score (nSPS) is 19.6. The van der Waals surface area contributed by atoms with Crippen molar-refractivity contribution in [3.8, 4) is 0 Å². The van der Waals surface area contributed by atoms with Gasteiger partial charge in [-0.05, 0) is 18.9 Å². The van der Waals surface area contributed by atoms with Crippen LogP contribution in [0.3, 0.4) is 0 Å². The molecule has 1 N–H and O–H groups in total. The molecule has 10 heteroatoms. The predicted octanol–water partition coefficient (Wildman–Crippen LogP) is 1.49. The van der Waals surface area contributed by atoms with E-state index < -0.39 is 37.5 Å². The van der Waals surface area contributed by atoms with Gasteiger partial charge in [-0.15, -0.1) is 0 Å². The van der Waals surface area contributed by atoms with Crippen LogP contribution in [0.1, 0.15) is 12.8 Å². The summed E-state index contributed by atoms with van der Waals surface area (Å²) in [6, 6.07) is 2.27. The van der Waals surface area contributed by atoms with Crippen molar-refractivity contribution in [3.63, 3.8) is 0 Å². The second-order valence-corrected chi connectivity index (χ2v) is 6.69. The number of carboxylic acid groups (broad SMARTS) is 1. The summed E-state index contributed by atoms with van der Waals surface area (Å²) in [7, 11) is -4.36. The Morgan fingerprint density at radius 2 is 2.14 bits per heavy atom. The van der Waals surface area contributed by atoms with Crippen molar-refractivity contribution < 1.29 is 23.2 Å². The Bertz CT molecular complexity index is 705. The number of hydrogen-bond donors (Lipinski definition) is 1. The van der Waals surface area contributed by atoms with Gasteiger partial charge in [-0.3, -0.25) is 14.9 Å². The first-order valence-electron chi connectivity index (χ1n) is 5.94. The Labute approximate surface area is 125 Å². The third kappa shape index (κ3) is 2.71. The summed E-state index contributed by atoms with van der Waals surface area (Å²) in [6.45, 7) is -0.0122. The van der Waals surface area contributed by atoms with Crippen LogP contribution in [0.5, 0.6) is 0 Å². The molecule has 1 heterocycles. The minimum Gasteiger partial charge on any atom is -0.480 e. The number of nitrogens with zero attached hydrogens (tertiary/aromatic N) is 2. The van der Waals surface area contributed by atoms with Crippen LogP contribution >= 0.6 is 11.6 Å². The van der Waals surface area contributed by atoms with Crippen LogP contribution in [0.15, 0.2) is 23.1 Å². The van der Waals surface area contributed by atoms with Crippen LogP contribution in [-0.2, 0) is 14.8 Å². The van der Waals surface area contributed by atoms with E-state index in [1.54, 1.807) is 0 Å². The minimum absolute atomic E-state index is 0.0122. The Kier molecular flexibility index (Phi) is 4.17. The van der Waals surface area contributed by atoms with Gasteiger partial charge in [0.25, 0.3) is 15.7 Å². The fraction of sp³-hybridized carbons (Fsp3) is 0.364. The standard InChI is InChI=1S/C11H11ClN2O6S/c12-7-3-1-4-8(14(17)18)10(7)21(19,20)13-6-2-5-9(13)11(15)16/h1,3-4,9H,2,5-6H2,(H,15,16)/t9-/m1/s1. The highest BCUT2D eigenvalue weighted by Gasteiger charge is 2.43. The lowest BCUT2D eigenvalue weighted by Gasteiger charge is -2.21. The van der Waals surface area contributed by atoms with E-state index in [9.17, 15) is 23.3 Å². The average Bonchev–Trinajstić information content (AvgIpc) is 2.88. The van der Waals surface area contributed by atoms with Crippen LogP contribution in [0.25, 0.3) is 0 Å². The predicted molar refractivity (Wildman–Crippen MR) is 72.7 cm³/mol. The van der Waals surface area contributed by atoms with Gasteiger partial charge in [0.15, 0.2) is 4.90 Å². The van der Waals surface area contributed by atoms with E-state index in [0.717, 1.165) is 10.4 Å². The number of hydrogen-bond acceptors (Lipinski definition) is 5. The third-order valence-electron chi connectivity index (χ3n) is 3.20. The highest BCUT2D eigenvalue weighted by atomic mass is 35.5. The Morgan fingerprint density at radius 3 is 2.71 bits per heavy atom. The van der Waals surface area contributed by atoms with Crippen molar-refractivity contribution in [2.45, 2.75) is 23.8 Å². The van der Waals surface area contributed by atoms with Crippen LogP contribution < -0.4 is 0 Å². The number of halogens is 1. The van der Waals surface area contributed by atoms with Crippen LogP contribution in [0.4, 0.5) is 5.69 Å². The SMILES string of the molecule is O=C(O)[C@H]1CCCN1S(=O)(=O)c1c(Cl)cccc1[N+](=O)[O-]. The number of carbonyl (C=O) groups is 1. The molecule has 1 atom stereocenters. The lowest BCUT2D eigenvalue weighted by atomic mass is 10.2. The van der Waals surface area contributed by atoms with Gasteiger partial charge in [0.1, 0.15) is 6.04 Å². The molecule has 1 aliphatic rings. The summed E-state index contributed by atoms with van der Waals surface area (Å²) < 4.78 is 25.9. The zero-order valence-corrected chi connectivity index (χ0v) is 12.2. The highest BCUT2D eigenvalue weighted by Crippen LogP contribution is 2.36. The Hall–Kier alpha value is -1.71. The summed E-state index contributed by atoms with van der Waals surface area (Å²) in [6.07, 6.45) is 0.529. The molecule has 0 aliphatic carbocycles. The highest BCUT2D eigenvalue weighted by molar-refractivity contribution is 7.89. The number of benzene rings is 1. The van der Waals surface area contributed by atoms with Gasteiger partial charge in [0.2, 0.25) is 0 Å². The molecule has 1 aromatic rings. The molecule has 8 nitrogen and oxygen atoms in total. The van der Waals surface area contributed by atoms with Gasteiger partial charge in [0.05, 0.1) is 9.95 Å². The molecule has 114 valence electrons. The van der Waals surface area contributed by atoms with E-state index >= 15 is 0 Å². The molecular weight excluding hydrogens is 324 g/mol. The molecule has 0 unspecified atom stereocenters. The summed E-state index contributed by atoms with van der Waals surface area (Å²) >= 11 is 5.81. The van der Waals surface area contributed by atoms with Crippen molar-refractivity contribution in [1.82, 2.24) is 4.31 Å². The fourth-order valence-corrected chi connectivity index (χ4v) is 4.61. The maximum absolute atomic E-state index is 12.6. The Balaban J connectivity index is 2.60. The summed E-state index contributed by atoms with van der Waals surface area (Å²) in [5.74, 6) is -1.29. The minimum atomic E-state index is -4.36. The molecule has 1 saturated heterocycles. The number of sulfonamides is 1. The van der Waals surface area contributed by atoms with E-state index in [4.69, 9.17) is 16.7 Å². The smallest absolute Gasteiger partial charge is 0.322 e. The molecule has 1 aromatic carbocycles. The fourth-order valence-electron chi connectivity index (χ4n) is 2.29. The number of nitro benzene ring substituents is 1. The molecular formula is C11H11ClN2O6S. The number of aliphatic carboxylic acids is 1. The first-order chi connectivity index (χ1) is 9.76. The Morgan fingerprint density at radius 1 is 1.48 bits per heavy atom. The summed E-state index contributed by atoms with van der Waals surface area (Å²) in [5.41, 5.74) is -0.668.